The summed E-state index contributed by atoms with van der Waals surface area (Å²) in [5.74, 6) is 0.0112. The lowest BCUT2D eigenvalue weighted by molar-refractivity contribution is -0.137. The van der Waals surface area contributed by atoms with Gasteiger partial charge in [0.05, 0.1) is 25.2 Å². The number of carbonyl (C=O) groups excluding carboxylic acids is 2. The molecule has 0 radical (unpaired) electrons. The van der Waals surface area contributed by atoms with Crippen LogP contribution >= 0.6 is 0 Å². The molecule has 1 saturated heterocycles. The Kier molecular flexibility index (Phi) is 6.65. The summed E-state index contributed by atoms with van der Waals surface area (Å²) >= 11 is 0. The summed E-state index contributed by atoms with van der Waals surface area (Å²) in [7, 11) is 3.43. The van der Waals surface area contributed by atoms with Crippen LogP contribution in [0.2, 0.25) is 0 Å². The van der Waals surface area contributed by atoms with Crippen molar-refractivity contribution in [2.75, 3.05) is 20.7 Å². The van der Waals surface area contributed by atoms with Gasteiger partial charge in [0.1, 0.15) is 6.10 Å². The van der Waals surface area contributed by atoms with Crippen LogP contribution in [0.25, 0.3) is 0 Å². The molecule has 1 aliphatic carbocycles. The lowest BCUT2D eigenvalue weighted by Gasteiger charge is -2.36. The Balaban J connectivity index is 1.79. The monoisotopic (exact) mass is 327 g/mol. The van der Waals surface area contributed by atoms with E-state index in [1.165, 1.54) is 17.7 Å². The molecular weight excluding hydrogens is 298 g/mol. The SMILES string of the molecule is CN(C)C(=O)C[C@H]1CC[C@@H](NC(=O)NC2CCCC2)[C@@H](CO)O1. The third-order valence-corrected chi connectivity index (χ3v) is 4.70. The maximum absolute atomic E-state index is 12.1. The average molecular weight is 327 g/mol. The van der Waals surface area contributed by atoms with E-state index in [9.17, 15) is 14.7 Å². The number of nitrogens with zero attached hydrogens (tertiary/aromatic N) is 1. The molecule has 1 heterocycles. The molecule has 2 fully saturated rings. The highest BCUT2D eigenvalue weighted by Gasteiger charge is 2.33. The molecule has 3 atom stereocenters. The van der Waals surface area contributed by atoms with E-state index in [0.717, 1.165) is 12.8 Å². The van der Waals surface area contributed by atoms with Gasteiger partial charge in [0.15, 0.2) is 0 Å². The molecule has 2 rings (SSSR count). The number of nitrogens with one attached hydrogen (secondary N) is 2. The van der Waals surface area contributed by atoms with Crippen molar-refractivity contribution in [1.82, 2.24) is 15.5 Å². The first-order valence-corrected chi connectivity index (χ1v) is 8.53. The van der Waals surface area contributed by atoms with E-state index in [1.807, 2.05) is 0 Å². The number of ether oxygens (including phenoxy) is 1. The predicted octanol–water partition coefficient (Wildman–Crippen LogP) is 0.615. The molecule has 0 unspecified atom stereocenters. The van der Waals surface area contributed by atoms with Crippen LogP contribution in [0.5, 0.6) is 0 Å². The van der Waals surface area contributed by atoms with E-state index >= 15 is 0 Å². The highest BCUT2D eigenvalue weighted by Crippen LogP contribution is 2.23. The maximum Gasteiger partial charge on any atom is 0.315 e. The van der Waals surface area contributed by atoms with Gasteiger partial charge < -0.3 is 25.4 Å². The molecule has 23 heavy (non-hydrogen) atoms. The number of carbonyl (C=O) groups is 2. The van der Waals surface area contributed by atoms with Crippen LogP contribution in [-0.2, 0) is 9.53 Å². The summed E-state index contributed by atoms with van der Waals surface area (Å²) in [4.78, 5) is 25.4. The maximum atomic E-state index is 12.1. The average Bonchev–Trinajstić information content (AvgIpc) is 3.01. The third kappa shape index (κ3) is 5.35. The first-order valence-electron chi connectivity index (χ1n) is 8.53. The standard InChI is InChI=1S/C16H29N3O4/c1-19(2)15(21)9-12-7-8-13(14(10-20)23-12)18-16(22)17-11-5-3-4-6-11/h11-14,20H,3-10H2,1-2H3,(H2,17,18,22)/t12-,13-,14-/m1/s1. The Bertz CT molecular complexity index is 410. The quantitative estimate of drug-likeness (QED) is 0.690. The van der Waals surface area contributed by atoms with Crippen LogP contribution in [0.3, 0.4) is 0 Å². The molecule has 2 aliphatic rings. The van der Waals surface area contributed by atoms with Crippen molar-refractivity contribution in [2.24, 2.45) is 0 Å². The second kappa shape index (κ2) is 8.49. The van der Waals surface area contributed by atoms with Gasteiger partial charge in [-0.25, -0.2) is 4.79 Å². The largest absolute Gasteiger partial charge is 0.394 e. The van der Waals surface area contributed by atoms with E-state index in [2.05, 4.69) is 10.6 Å². The van der Waals surface area contributed by atoms with E-state index < -0.39 is 6.10 Å². The zero-order valence-corrected chi connectivity index (χ0v) is 14.1. The molecule has 0 aromatic rings. The Morgan fingerprint density at radius 3 is 2.43 bits per heavy atom. The number of urea groups is 1. The molecule has 1 saturated carbocycles. The lowest BCUT2D eigenvalue weighted by atomic mass is 9.97. The second-order valence-electron chi connectivity index (χ2n) is 6.75. The van der Waals surface area contributed by atoms with Gasteiger partial charge in [0.25, 0.3) is 0 Å². The molecule has 0 aromatic carbocycles. The number of aliphatic hydroxyl groups is 1. The summed E-state index contributed by atoms with van der Waals surface area (Å²) in [6, 6.07) is -0.142. The Morgan fingerprint density at radius 1 is 1.13 bits per heavy atom. The number of hydrogen-bond acceptors (Lipinski definition) is 4. The van der Waals surface area contributed by atoms with Gasteiger partial charge in [0.2, 0.25) is 5.91 Å². The number of aliphatic hydroxyl groups excluding tert-OH is 1. The van der Waals surface area contributed by atoms with Crippen molar-refractivity contribution in [1.29, 1.82) is 0 Å². The molecule has 1 aliphatic heterocycles. The lowest BCUT2D eigenvalue weighted by Crippen LogP contribution is -2.54. The van der Waals surface area contributed by atoms with Crippen molar-refractivity contribution in [3.63, 3.8) is 0 Å². The van der Waals surface area contributed by atoms with Crippen LogP contribution in [0, 0.1) is 0 Å². The van der Waals surface area contributed by atoms with Gasteiger partial charge in [-0.05, 0) is 25.7 Å². The molecule has 132 valence electrons. The minimum atomic E-state index is -0.460. The first-order chi connectivity index (χ1) is 11.0. The second-order valence-corrected chi connectivity index (χ2v) is 6.75. The van der Waals surface area contributed by atoms with Crippen LogP contribution in [0.15, 0.2) is 0 Å². The van der Waals surface area contributed by atoms with Crippen LogP contribution < -0.4 is 10.6 Å². The van der Waals surface area contributed by atoms with E-state index in [4.69, 9.17) is 4.74 Å². The molecule has 7 heteroatoms. The summed E-state index contributed by atoms with van der Waals surface area (Å²) in [5, 5.41) is 15.4. The van der Waals surface area contributed by atoms with Crippen molar-refractivity contribution < 1.29 is 19.4 Å². The molecule has 7 nitrogen and oxygen atoms in total. The van der Waals surface area contributed by atoms with Gasteiger partial charge in [-0.2, -0.15) is 0 Å². The fourth-order valence-electron chi connectivity index (χ4n) is 3.29. The minimum absolute atomic E-state index is 0.0112. The normalized spacial score (nSPS) is 28.4. The zero-order valence-electron chi connectivity index (χ0n) is 14.1. The summed E-state index contributed by atoms with van der Waals surface area (Å²) in [6.45, 7) is -0.166. The number of rotatable bonds is 5. The van der Waals surface area contributed by atoms with E-state index in [1.54, 1.807) is 14.1 Å². The molecule has 0 bridgehead atoms. The van der Waals surface area contributed by atoms with Crippen LogP contribution in [0.1, 0.15) is 44.9 Å². The fourth-order valence-corrected chi connectivity index (χ4v) is 3.29. The molecule has 0 aromatic heterocycles. The highest BCUT2D eigenvalue weighted by atomic mass is 16.5. The molecule has 3 N–H and O–H groups in total. The van der Waals surface area contributed by atoms with E-state index in [0.29, 0.717) is 19.3 Å². The Labute approximate surface area is 137 Å². The summed E-state index contributed by atoms with van der Waals surface area (Å²) in [6.07, 6.45) is 5.45. The molecule has 3 amide bonds. The van der Waals surface area contributed by atoms with Gasteiger partial charge in [-0.1, -0.05) is 12.8 Å². The number of amides is 3. The molecular formula is C16H29N3O4. The number of hydrogen-bond donors (Lipinski definition) is 3. The van der Waals surface area contributed by atoms with Crippen molar-refractivity contribution >= 4 is 11.9 Å². The van der Waals surface area contributed by atoms with Gasteiger partial charge in [-0.3, -0.25) is 4.79 Å². The van der Waals surface area contributed by atoms with Crippen molar-refractivity contribution in [2.45, 2.75) is 69.2 Å². The van der Waals surface area contributed by atoms with E-state index in [-0.39, 0.29) is 36.7 Å². The van der Waals surface area contributed by atoms with Crippen LogP contribution in [0.4, 0.5) is 4.79 Å². The minimum Gasteiger partial charge on any atom is -0.394 e. The Morgan fingerprint density at radius 2 is 1.83 bits per heavy atom. The summed E-state index contributed by atoms with van der Waals surface area (Å²) in [5.41, 5.74) is 0. The third-order valence-electron chi connectivity index (χ3n) is 4.70. The van der Waals surface area contributed by atoms with Crippen molar-refractivity contribution in [3.8, 4) is 0 Å². The fraction of sp³-hybridized carbons (Fsp3) is 0.875. The van der Waals surface area contributed by atoms with Gasteiger partial charge in [0, 0.05) is 20.1 Å². The van der Waals surface area contributed by atoms with Gasteiger partial charge in [-0.15, -0.1) is 0 Å². The zero-order chi connectivity index (χ0) is 16.8. The van der Waals surface area contributed by atoms with Crippen LogP contribution in [-0.4, -0.2) is 66.9 Å². The topological polar surface area (TPSA) is 90.9 Å². The summed E-state index contributed by atoms with van der Waals surface area (Å²) < 4.78 is 5.80. The first kappa shape index (κ1) is 18.0. The Hall–Kier alpha value is -1.34. The predicted molar refractivity (Wildman–Crippen MR) is 86.0 cm³/mol. The van der Waals surface area contributed by atoms with Crippen molar-refractivity contribution in [3.05, 3.63) is 0 Å². The molecule has 0 spiro atoms. The smallest absolute Gasteiger partial charge is 0.315 e. The highest BCUT2D eigenvalue weighted by molar-refractivity contribution is 5.76. The van der Waals surface area contributed by atoms with Gasteiger partial charge >= 0.3 is 6.03 Å².